The Hall–Kier alpha value is -3.07. The predicted molar refractivity (Wildman–Crippen MR) is 96.0 cm³/mol. The van der Waals surface area contributed by atoms with Gasteiger partial charge in [-0.1, -0.05) is 0 Å². The average molecular weight is 378 g/mol. The summed E-state index contributed by atoms with van der Waals surface area (Å²) < 4.78 is 29.7. The zero-order chi connectivity index (χ0) is 19.2. The molecule has 0 saturated heterocycles. The molecule has 0 heterocycles. The van der Waals surface area contributed by atoms with E-state index < -0.39 is 22.4 Å². The summed E-state index contributed by atoms with van der Waals surface area (Å²) in [6.45, 7) is 0.919. The third-order valence-corrected chi connectivity index (χ3v) is 4.73. The van der Waals surface area contributed by atoms with Gasteiger partial charge in [0.1, 0.15) is 11.6 Å². The van der Waals surface area contributed by atoms with E-state index >= 15 is 0 Å². The Balaban J connectivity index is 1.96. The summed E-state index contributed by atoms with van der Waals surface area (Å²) >= 11 is 0. The van der Waals surface area contributed by atoms with Crippen LogP contribution in [0.15, 0.2) is 53.4 Å². The number of benzene rings is 2. The third-order valence-electron chi connectivity index (χ3n) is 3.22. The number of hydrogen-bond donors (Lipinski definition) is 3. The molecule has 0 bridgehead atoms. The molecule has 0 radical (unpaired) electrons. The zero-order valence-corrected chi connectivity index (χ0v) is 14.7. The normalized spacial score (nSPS) is 10.8. The summed E-state index contributed by atoms with van der Waals surface area (Å²) in [4.78, 5) is 21.5. The molecule has 0 aliphatic rings. The smallest absolute Gasteiger partial charge is 0.341 e. The van der Waals surface area contributed by atoms with Gasteiger partial charge >= 0.3 is 5.97 Å². The van der Waals surface area contributed by atoms with Crippen molar-refractivity contribution >= 4 is 33.1 Å². The molecule has 9 heteroatoms. The molecule has 138 valence electrons. The van der Waals surface area contributed by atoms with E-state index in [1.807, 2.05) is 0 Å². The summed E-state index contributed by atoms with van der Waals surface area (Å²) in [5, 5.41) is 13.9. The molecule has 8 nitrogen and oxygen atoms in total. The van der Waals surface area contributed by atoms with Crippen LogP contribution in [0.3, 0.4) is 0 Å². The second kappa shape index (κ2) is 8.34. The summed E-state index contributed by atoms with van der Waals surface area (Å²) in [5.41, 5.74) is 1.06. The van der Waals surface area contributed by atoms with Crippen molar-refractivity contribution in [1.82, 2.24) is 0 Å². The fourth-order valence-electron chi connectivity index (χ4n) is 2.02. The van der Waals surface area contributed by atoms with Crippen molar-refractivity contribution in [2.75, 3.05) is 23.1 Å². The number of anilines is 2. The van der Waals surface area contributed by atoms with Crippen molar-refractivity contribution in [1.29, 1.82) is 0 Å². The van der Waals surface area contributed by atoms with Crippen molar-refractivity contribution in [3.63, 3.8) is 0 Å². The summed E-state index contributed by atoms with van der Waals surface area (Å²) in [7, 11) is -3.57. The Labute approximate surface area is 150 Å². The maximum absolute atomic E-state index is 12.3. The highest BCUT2D eigenvalue weighted by Gasteiger charge is 2.14. The maximum Gasteiger partial charge on any atom is 0.341 e. The van der Waals surface area contributed by atoms with E-state index in [4.69, 9.17) is 9.84 Å². The van der Waals surface area contributed by atoms with Crippen LogP contribution in [0.4, 0.5) is 11.4 Å². The summed E-state index contributed by atoms with van der Waals surface area (Å²) in [6.07, 6.45) is 0. The number of carboxylic acid groups (broad SMARTS) is 1. The molecular formula is C17H18N2O6S. The first-order valence-electron chi connectivity index (χ1n) is 7.55. The van der Waals surface area contributed by atoms with Gasteiger partial charge in [0.05, 0.1) is 4.90 Å². The number of carbonyl (C=O) groups excluding carboxylic acids is 1. The molecule has 2 rings (SSSR count). The lowest BCUT2D eigenvalue weighted by molar-refractivity contribution is -0.139. The van der Waals surface area contributed by atoms with Crippen molar-refractivity contribution in [3.05, 3.63) is 48.5 Å². The van der Waals surface area contributed by atoms with E-state index in [2.05, 4.69) is 10.6 Å². The summed E-state index contributed by atoms with van der Waals surface area (Å²) in [5.74, 6) is -1.27. The van der Waals surface area contributed by atoms with E-state index in [-0.39, 0.29) is 16.7 Å². The van der Waals surface area contributed by atoms with Crippen LogP contribution in [-0.4, -0.2) is 37.9 Å². The number of carbonyl (C=O) groups is 2. The number of rotatable bonds is 8. The number of nitrogens with one attached hydrogen (secondary N) is 2. The Morgan fingerprint density at radius 1 is 1.00 bits per heavy atom. The number of sulfone groups is 1. The van der Waals surface area contributed by atoms with Gasteiger partial charge in [0.2, 0.25) is 5.91 Å². The predicted octanol–water partition coefficient (Wildman–Crippen LogP) is 1.95. The highest BCUT2D eigenvalue weighted by Crippen LogP contribution is 2.18. The molecule has 1 amide bonds. The molecule has 0 aliphatic heterocycles. The molecule has 26 heavy (non-hydrogen) atoms. The van der Waals surface area contributed by atoms with Crippen molar-refractivity contribution in [3.8, 4) is 5.75 Å². The van der Waals surface area contributed by atoms with Gasteiger partial charge in [-0.25, -0.2) is 13.2 Å². The Bertz CT molecular complexity index is 876. The average Bonchev–Trinajstić information content (AvgIpc) is 2.59. The minimum absolute atomic E-state index is 0.125. The van der Waals surface area contributed by atoms with Gasteiger partial charge in [-0.15, -0.1) is 0 Å². The van der Waals surface area contributed by atoms with E-state index in [0.717, 1.165) is 0 Å². The van der Waals surface area contributed by atoms with Gasteiger partial charge < -0.3 is 20.5 Å². The van der Waals surface area contributed by atoms with Gasteiger partial charge in [0, 0.05) is 18.3 Å². The van der Waals surface area contributed by atoms with Gasteiger partial charge in [0.15, 0.2) is 16.4 Å². The minimum atomic E-state index is -3.57. The number of hydrogen-bond acceptors (Lipinski definition) is 6. The van der Waals surface area contributed by atoms with Gasteiger partial charge in [-0.2, -0.15) is 0 Å². The van der Waals surface area contributed by atoms with Gasteiger partial charge in [0.25, 0.3) is 0 Å². The largest absolute Gasteiger partial charge is 0.482 e. The molecule has 0 fully saturated rings. The van der Waals surface area contributed by atoms with Crippen molar-refractivity contribution in [2.24, 2.45) is 0 Å². The van der Waals surface area contributed by atoms with Crippen LogP contribution in [0.1, 0.15) is 6.92 Å². The monoisotopic (exact) mass is 378 g/mol. The van der Waals surface area contributed by atoms with Crippen LogP contribution < -0.4 is 15.4 Å². The standard InChI is InChI=1S/C17H18N2O6S/c1-12(20)19-14-4-8-16(9-5-14)26(23,24)11-18-13-2-6-15(7-3-13)25-10-17(21)22/h2-9,18H,10-11H2,1H3,(H,19,20)(H,21,22). The molecule has 0 unspecified atom stereocenters. The molecule has 0 aromatic heterocycles. The molecular weight excluding hydrogens is 360 g/mol. The quantitative estimate of drug-likeness (QED) is 0.642. The number of ether oxygens (including phenoxy) is 1. The second-order valence-corrected chi connectivity index (χ2v) is 7.34. The lowest BCUT2D eigenvalue weighted by Gasteiger charge is -2.10. The Kier molecular flexibility index (Phi) is 6.18. The Morgan fingerprint density at radius 3 is 2.12 bits per heavy atom. The maximum atomic E-state index is 12.3. The van der Waals surface area contributed by atoms with Gasteiger partial charge in [-0.05, 0) is 48.5 Å². The number of amides is 1. The first-order valence-corrected chi connectivity index (χ1v) is 9.20. The highest BCUT2D eigenvalue weighted by molar-refractivity contribution is 7.91. The molecule has 0 spiro atoms. The first-order chi connectivity index (χ1) is 12.3. The second-order valence-electron chi connectivity index (χ2n) is 5.35. The summed E-state index contributed by atoms with van der Waals surface area (Å²) in [6, 6.07) is 12.1. The van der Waals surface area contributed by atoms with Crippen molar-refractivity contribution < 1.29 is 27.9 Å². The number of carboxylic acids is 1. The SMILES string of the molecule is CC(=O)Nc1ccc(S(=O)(=O)CNc2ccc(OCC(=O)O)cc2)cc1. The molecule has 2 aromatic carbocycles. The van der Waals surface area contributed by atoms with E-state index in [9.17, 15) is 18.0 Å². The fraction of sp³-hybridized carbons (Fsp3) is 0.176. The van der Waals surface area contributed by atoms with Crippen LogP contribution in [0.25, 0.3) is 0 Å². The molecule has 0 saturated carbocycles. The van der Waals surface area contributed by atoms with E-state index in [0.29, 0.717) is 17.1 Å². The zero-order valence-electron chi connectivity index (χ0n) is 13.9. The Morgan fingerprint density at radius 2 is 1.58 bits per heavy atom. The topological polar surface area (TPSA) is 122 Å². The van der Waals surface area contributed by atoms with Gasteiger partial charge in [-0.3, -0.25) is 4.79 Å². The third kappa shape index (κ3) is 5.78. The van der Waals surface area contributed by atoms with Crippen LogP contribution in [-0.2, 0) is 19.4 Å². The molecule has 2 aromatic rings. The molecule has 3 N–H and O–H groups in total. The minimum Gasteiger partial charge on any atom is -0.482 e. The molecule has 0 atom stereocenters. The lowest BCUT2D eigenvalue weighted by Crippen LogP contribution is -2.15. The van der Waals surface area contributed by atoms with E-state index in [1.165, 1.54) is 31.2 Å². The first kappa shape index (κ1) is 19.3. The van der Waals surface area contributed by atoms with Crippen molar-refractivity contribution in [2.45, 2.75) is 11.8 Å². The molecule has 0 aliphatic carbocycles. The van der Waals surface area contributed by atoms with E-state index in [1.54, 1.807) is 24.3 Å². The van der Waals surface area contributed by atoms with Crippen LogP contribution in [0.2, 0.25) is 0 Å². The lowest BCUT2D eigenvalue weighted by atomic mass is 10.3. The van der Waals surface area contributed by atoms with Crippen LogP contribution in [0, 0.1) is 0 Å². The highest BCUT2D eigenvalue weighted by atomic mass is 32.2. The number of aliphatic carboxylic acids is 1. The van der Waals surface area contributed by atoms with Crippen LogP contribution >= 0.6 is 0 Å². The fourth-order valence-corrected chi connectivity index (χ4v) is 3.10. The van der Waals surface area contributed by atoms with Crippen LogP contribution in [0.5, 0.6) is 5.75 Å².